The predicted octanol–water partition coefficient (Wildman–Crippen LogP) is 2.90. The van der Waals surface area contributed by atoms with Crippen molar-refractivity contribution in [2.24, 2.45) is 11.7 Å². The Morgan fingerprint density at radius 3 is 2.26 bits per heavy atom. The van der Waals surface area contributed by atoms with E-state index in [2.05, 4.69) is 33.4 Å². The van der Waals surface area contributed by atoms with E-state index >= 15 is 0 Å². The molecular formula is C14H22BrClN2O. The SMILES string of the molecule is CC(Cc1ccc(Br)cc1)NC(=O)[C@H](N)C(C)C.Cl. The van der Waals surface area contributed by atoms with Crippen LogP contribution >= 0.6 is 28.3 Å². The summed E-state index contributed by atoms with van der Waals surface area (Å²) in [5, 5.41) is 2.95. The molecule has 1 amide bonds. The zero-order chi connectivity index (χ0) is 13.7. The minimum Gasteiger partial charge on any atom is -0.352 e. The van der Waals surface area contributed by atoms with Crippen LogP contribution in [0.2, 0.25) is 0 Å². The fraction of sp³-hybridized carbons (Fsp3) is 0.500. The first kappa shape index (κ1) is 18.4. The molecule has 2 atom stereocenters. The molecule has 0 aliphatic rings. The van der Waals surface area contributed by atoms with Gasteiger partial charge in [0.2, 0.25) is 5.91 Å². The van der Waals surface area contributed by atoms with Gasteiger partial charge in [0.15, 0.2) is 0 Å². The van der Waals surface area contributed by atoms with E-state index in [9.17, 15) is 4.79 Å². The lowest BCUT2D eigenvalue weighted by atomic mass is 10.0. The summed E-state index contributed by atoms with van der Waals surface area (Å²) in [5.74, 6) is 0.0829. The number of rotatable bonds is 5. The molecule has 0 saturated heterocycles. The summed E-state index contributed by atoms with van der Waals surface area (Å²) in [6.07, 6.45) is 0.809. The van der Waals surface area contributed by atoms with Crippen molar-refractivity contribution in [2.75, 3.05) is 0 Å². The van der Waals surface area contributed by atoms with Crippen molar-refractivity contribution < 1.29 is 4.79 Å². The number of amides is 1. The van der Waals surface area contributed by atoms with E-state index in [-0.39, 0.29) is 30.3 Å². The minimum absolute atomic E-state index is 0. The highest BCUT2D eigenvalue weighted by atomic mass is 79.9. The fourth-order valence-corrected chi connectivity index (χ4v) is 1.93. The number of halogens is 2. The summed E-state index contributed by atoms with van der Waals surface area (Å²) in [7, 11) is 0. The molecular weight excluding hydrogens is 328 g/mol. The molecule has 19 heavy (non-hydrogen) atoms. The average molecular weight is 350 g/mol. The van der Waals surface area contributed by atoms with Crippen LogP contribution in [0.15, 0.2) is 28.7 Å². The molecule has 0 bridgehead atoms. The number of carbonyl (C=O) groups excluding carboxylic acids is 1. The Labute approximate surface area is 129 Å². The third kappa shape index (κ3) is 6.41. The molecule has 0 heterocycles. The summed E-state index contributed by atoms with van der Waals surface area (Å²) in [5.41, 5.74) is 7.00. The second kappa shape index (κ2) is 8.56. The zero-order valence-corrected chi connectivity index (χ0v) is 13.9. The highest BCUT2D eigenvalue weighted by molar-refractivity contribution is 9.10. The van der Waals surface area contributed by atoms with E-state index in [0.717, 1.165) is 10.9 Å². The smallest absolute Gasteiger partial charge is 0.237 e. The van der Waals surface area contributed by atoms with Crippen molar-refractivity contribution in [3.63, 3.8) is 0 Å². The third-order valence-corrected chi connectivity index (χ3v) is 3.39. The van der Waals surface area contributed by atoms with Gasteiger partial charge in [-0.15, -0.1) is 12.4 Å². The molecule has 3 nitrogen and oxygen atoms in total. The molecule has 0 aromatic heterocycles. The Bertz CT molecular complexity index is 395. The maximum absolute atomic E-state index is 11.8. The first-order chi connectivity index (χ1) is 8.40. The Kier molecular flexibility index (Phi) is 8.30. The van der Waals surface area contributed by atoms with Crippen molar-refractivity contribution in [2.45, 2.75) is 39.3 Å². The van der Waals surface area contributed by atoms with E-state index in [4.69, 9.17) is 5.73 Å². The molecule has 3 N–H and O–H groups in total. The Morgan fingerprint density at radius 2 is 1.79 bits per heavy atom. The second-order valence-corrected chi connectivity index (χ2v) is 5.93. The van der Waals surface area contributed by atoms with Crippen LogP contribution < -0.4 is 11.1 Å². The van der Waals surface area contributed by atoms with Gasteiger partial charge in [0.25, 0.3) is 0 Å². The van der Waals surface area contributed by atoms with Crippen LogP contribution in [0.1, 0.15) is 26.3 Å². The number of hydrogen-bond acceptors (Lipinski definition) is 2. The van der Waals surface area contributed by atoms with Crippen LogP contribution in [0.25, 0.3) is 0 Å². The van der Waals surface area contributed by atoms with E-state index in [0.29, 0.717) is 0 Å². The van der Waals surface area contributed by atoms with Gasteiger partial charge in [-0.1, -0.05) is 41.9 Å². The van der Waals surface area contributed by atoms with Crippen molar-refractivity contribution in [1.82, 2.24) is 5.32 Å². The molecule has 1 unspecified atom stereocenters. The van der Waals surface area contributed by atoms with Gasteiger partial charge in [-0.05, 0) is 37.0 Å². The lowest BCUT2D eigenvalue weighted by Crippen LogP contribution is -2.47. The number of benzene rings is 1. The molecule has 108 valence electrons. The van der Waals surface area contributed by atoms with E-state index in [1.54, 1.807) is 0 Å². The van der Waals surface area contributed by atoms with Gasteiger partial charge in [-0.25, -0.2) is 0 Å². The molecule has 0 spiro atoms. The lowest BCUT2D eigenvalue weighted by Gasteiger charge is -2.19. The van der Waals surface area contributed by atoms with Crippen LogP contribution in [0.5, 0.6) is 0 Å². The summed E-state index contributed by atoms with van der Waals surface area (Å²) in [6, 6.07) is 7.76. The Morgan fingerprint density at radius 1 is 1.26 bits per heavy atom. The number of hydrogen-bond donors (Lipinski definition) is 2. The van der Waals surface area contributed by atoms with Gasteiger partial charge in [0, 0.05) is 10.5 Å². The number of nitrogens with one attached hydrogen (secondary N) is 1. The first-order valence-electron chi connectivity index (χ1n) is 6.20. The summed E-state index contributed by atoms with van der Waals surface area (Å²) >= 11 is 3.40. The van der Waals surface area contributed by atoms with Crippen LogP contribution in [0.3, 0.4) is 0 Å². The number of nitrogens with two attached hydrogens (primary N) is 1. The molecule has 0 radical (unpaired) electrons. The molecule has 0 saturated carbocycles. The fourth-order valence-electron chi connectivity index (χ4n) is 1.67. The molecule has 5 heteroatoms. The van der Waals surface area contributed by atoms with E-state index in [1.165, 1.54) is 5.56 Å². The third-order valence-electron chi connectivity index (χ3n) is 2.86. The molecule has 1 rings (SSSR count). The maximum Gasteiger partial charge on any atom is 0.237 e. The topological polar surface area (TPSA) is 55.1 Å². The highest BCUT2D eigenvalue weighted by Gasteiger charge is 2.18. The summed E-state index contributed by atoms with van der Waals surface area (Å²) in [4.78, 5) is 11.8. The molecule has 1 aromatic carbocycles. The van der Waals surface area contributed by atoms with Crippen molar-refractivity contribution >= 4 is 34.2 Å². The van der Waals surface area contributed by atoms with Crippen LogP contribution in [-0.2, 0) is 11.2 Å². The molecule has 0 fully saturated rings. The van der Waals surface area contributed by atoms with Crippen LogP contribution in [0, 0.1) is 5.92 Å². The largest absolute Gasteiger partial charge is 0.352 e. The Hall–Kier alpha value is -0.580. The van der Waals surface area contributed by atoms with Crippen LogP contribution in [0.4, 0.5) is 0 Å². The highest BCUT2D eigenvalue weighted by Crippen LogP contribution is 2.12. The normalized spacial score (nSPS) is 13.6. The first-order valence-corrected chi connectivity index (χ1v) is 7.00. The van der Waals surface area contributed by atoms with E-state index < -0.39 is 6.04 Å². The Balaban J connectivity index is 0.00000324. The van der Waals surface area contributed by atoms with Crippen molar-refractivity contribution in [3.05, 3.63) is 34.3 Å². The monoisotopic (exact) mass is 348 g/mol. The van der Waals surface area contributed by atoms with E-state index in [1.807, 2.05) is 32.9 Å². The average Bonchev–Trinajstić information content (AvgIpc) is 2.30. The lowest BCUT2D eigenvalue weighted by molar-refractivity contribution is -0.123. The van der Waals surface area contributed by atoms with Crippen molar-refractivity contribution in [3.8, 4) is 0 Å². The zero-order valence-electron chi connectivity index (χ0n) is 11.5. The quantitative estimate of drug-likeness (QED) is 0.859. The summed E-state index contributed by atoms with van der Waals surface area (Å²) < 4.78 is 1.06. The predicted molar refractivity (Wildman–Crippen MR) is 85.5 cm³/mol. The van der Waals surface area contributed by atoms with Gasteiger partial charge < -0.3 is 11.1 Å². The van der Waals surface area contributed by atoms with Gasteiger partial charge >= 0.3 is 0 Å². The molecule has 0 aliphatic heterocycles. The minimum atomic E-state index is -0.433. The standard InChI is InChI=1S/C14H21BrN2O.ClH/c1-9(2)13(16)14(18)17-10(3)8-11-4-6-12(15)7-5-11;/h4-7,9-10,13H,8,16H2,1-3H3,(H,17,18);1H/t10?,13-;/m1./s1. The molecule has 0 aliphatic carbocycles. The van der Waals surface area contributed by atoms with Gasteiger partial charge in [0.1, 0.15) is 0 Å². The van der Waals surface area contributed by atoms with Gasteiger partial charge in [-0.2, -0.15) is 0 Å². The summed E-state index contributed by atoms with van der Waals surface area (Å²) in [6.45, 7) is 5.89. The van der Waals surface area contributed by atoms with Gasteiger partial charge in [0.05, 0.1) is 6.04 Å². The van der Waals surface area contributed by atoms with Crippen molar-refractivity contribution in [1.29, 1.82) is 0 Å². The molecule has 1 aromatic rings. The van der Waals surface area contributed by atoms with Gasteiger partial charge in [-0.3, -0.25) is 4.79 Å². The maximum atomic E-state index is 11.8. The second-order valence-electron chi connectivity index (χ2n) is 5.01. The van der Waals surface area contributed by atoms with Crippen LogP contribution in [-0.4, -0.2) is 18.0 Å². The number of carbonyl (C=O) groups is 1.